The van der Waals surface area contributed by atoms with E-state index in [4.69, 9.17) is 20.3 Å². The number of phosphoric acid groups is 1. The number of H-pyrrole nitrogens is 1. The molecule has 0 saturated carbocycles. The Labute approximate surface area is 145 Å². The van der Waals surface area contributed by atoms with Gasteiger partial charge in [0.25, 0.3) is 5.56 Å². The average molecular weight is 393 g/mol. The highest BCUT2D eigenvalue weighted by atomic mass is 31.2. The van der Waals surface area contributed by atoms with Crippen molar-refractivity contribution >= 4 is 24.9 Å². The van der Waals surface area contributed by atoms with E-state index in [1.165, 1.54) is 10.9 Å². The van der Waals surface area contributed by atoms with E-state index in [0.29, 0.717) is 0 Å². The molecule has 14 heteroatoms. The second kappa shape index (κ2) is 7.52. The number of nitrogens with two attached hydrogens (primary N) is 1. The molecule has 1 saturated heterocycles. The summed E-state index contributed by atoms with van der Waals surface area (Å²) in [4.78, 5) is 39.1. The molecule has 3 heterocycles. The topological polar surface area (TPSA) is 206 Å². The van der Waals surface area contributed by atoms with Crippen LogP contribution in [0.5, 0.6) is 0 Å². The van der Waals surface area contributed by atoms with Gasteiger partial charge in [-0.1, -0.05) is 0 Å². The first kappa shape index (κ1) is 20.0. The first-order valence-electron chi connectivity index (χ1n) is 6.95. The van der Waals surface area contributed by atoms with Gasteiger partial charge >= 0.3 is 7.82 Å². The summed E-state index contributed by atoms with van der Waals surface area (Å²) in [6.45, 7) is -0.651. The molecule has 26 heavy (non-hydrogen) atoms. The average Bonchev–Trinajstić information content (AvgIpc) is 3.09. The minimum Gasteiger partial charge on any atom is -0.387 e. The van der Waals surface area contributed by atoms with Crippen molar-refractivity contribution < 1.29 is 33.8 Å². The largest absolute Gasteiger partial charge is 0.469 e. The summed E-state index contributed by atoms with van der Waals surface area (Å²) in [7, 11) is -4.76. The third-order valence-electron chi connectivity index (χ3n) is 3.47. The number of hydrogen-bond acceptors (Lipinski definition) is 9. The van der Waals surface area contributed by atoms with Gasteiger partial charge in [-0.05, 0) is 0 Å². The number of terminal acetylenes is 1. The third-order valence-corrected chi connectivity index (χ3v) is 3.95. The number of fused-ring (bicyclic) bond motifs is 1. The summed E-state index contributed by atoms with van der Waals surface area (Å²) < 4.78 is 21.6. The maximum atomic E-state index is 11.7. The minimum atomic E-state index is -4.76. The maximum Gasteiger partial charge on any atom is 0.469 e. The fourth-order valence-electron chi connectivity index (χ4n) is 2.40. The second-order valence-corrected chi connectivity index (χ2v) is 6.35. The molecule has 13 nitrogen and oxygen atoms in total. The molecule has 3 rings (SSSR count). The Hall–Kier alpha value is -2.30. The third kappa shape index (κ3) is 3.92. The first-order valence-corrected chi connectivity index (χ1v) is 8.48. The molecule has 142 valence electrons. The lowest BCUT2D eigenvalue weighted by Crippen LogP contribution is -2.33. The standard InChI is InChI=1S/C10H14N5O8P.C2H2/c11-10-13-7-4(8(18)14-10)12-2-15(7)9-6(17)5(16)3(23-9)1-22-24(19,20)21;1-2/h2-3,5-6,9,16-17H,1H2,(H2,19,20,21)(H3,11,13,14,18);1-2H/t3-,5?,6?,9?;/m1./s1/i1+1,5+1,6+1,9+1;. The number of phosphoric ester groups is 1. The van der Waals surface area contributed by atoms with Gasteiger partial charge < -0.3 is 30.5 Å². The highest BCUT2D eigenvalue weighted by Crippen LogP contribution is 2.38. The number of nitrogens with one attached hydrogen (secondary N) is 1. The van der Waals surface area contributed by atoms with E-state index < -0.39 is 44.5 Å². The molecule has 1 aliphatic rings. The van der Waals surface area contributed by atoms with Crippen LogP contribution in [0.25, 0.3) is 11.2 Å². The maximum absolute atomic E-state index is 11.7. The van der Waals surface area contributed by atoms with Crippen LogP contribution in [0.2, 0.25) is 0 Å². The predicted molar refractivity (Wildman–Crippen MR) is 86.4 cm³/mol. The van der Waals surface area contributed by atoms with E-state index in [0.717, 1.165) is 0 Å². The summed E-state index contributed by atoms with van der Waals surface area (Å²) in [5.74, 6) is -0.177. The van der Waals surface area contributed by atoms with Crippen molar-refractivity contribution in [3.05, 3.63) is 16.7 Å². The number of anilines is 1. The molecule has 1 fully saturated rings. The summed E-state index contributed by atoms with van der Waals surface area (Å²) in [6, 6.07) is 0. The highest BCUT2D eigenvalue weighted by molar-refractivity contribution is 7.46. The van der Waals surface area contributed by atoms with Gasteiger partial charge in [0.2, 0.25) is 5.95 Å². The van der Waals surface area contributed by atoms with E-state index in [9.17, 15) is 19.6 Å². The molecule has 4 atom stereocenters. The van der Waals surface area contributed by atoms with Gasteiger partial charge in [0, 0.05) is 0 Å². The van der Waals surface area contributed by atoms with Crippen LogP contribution in [0, 0.1) is 12.8 Å². The molecule has 0 bridgehead atoms. The Morgan fingerprint density at radius 1 is 1.38 bits per heavy atom. The molecule has 2 aromatic rings. The number of aliphatic hydroxyl groups is 2. The van der Waals surface area contributed by atoms with Gasteiger partial charge in [0.1, 0.15) is 18.3 Å². The lowest BCUT2D eigenvalue weighted by atomic mass is 10.5. The Bertz CT molecular complexity index is 904. The van der Waals surface area contributed by atoms with Crippen LogP contribution >= 0.6 is 7.82 Å². The number of nitrogens with zero attached hydrogens (tertiary/aromatic N) is 3. The fraction of sp³-hybridized carbons (Fsp3) is 0.417. The van der Waals surface area contributed by atoms with E-state index in [-0.39, 0.29) is 17.1 Å². The quantitative estimate of drug-likeness (QED) is 0.185. The number of imidazole rings is 1. The molecule has 0 radical (unpaired) electrons. The molecule has 0 spiro atoms. The van der Waals surface area contributed by atoms with Crippen LogP contribution in [-0.2, 0) is 13.8 Å². The normalized spacial score (nSPS) is 25.8. The summed E-state index contributed by atoms with van der Waals surface area (Å²) in [5.41, 5.74) is 4.84. The number of rotatable bonds is 4. The van der Waals surface area contributed by atoms with Gasteiger partial charge in [0.05, 0.1) is 12.9 Å². The van der Waals surface area contributed by atoms with Gasteiger partial charge in [-0.2, -0.15) is 4.98 Å². The SMILES string of the molecule is C#C.Nc1nc2c(ncn2[13CH]2O[C@H]([13CH2]OP(=O)(O)O)[13CH](O)[13CH]2O)c(=O)[nH]1. The Morgan fingerprint density at radius 3 is 2.65 bits per heavy atom. The lowest BCUT2D eigenvalue weighted by Gasteiger charge is -2.16. The van der Waals surface area contributed by atoms with Gasteiger partial charge in [-0.25, -0.2) is 9.55 Å². The predicted octanol–water partition coefficient (Wildman–Crippen LogP) is -2.32. The van der Waals surface area contributed by atoms with Crippen LogP contribution in [-0.4, -0.2) is 64.4 Å². The van der Waals surface area contributed by atoms with E-state index in [1.54, 1.807) is 0 Å². The molecule has 0 aromatic carbocycles. The van der Waals surface area contributed by atoms with E-state index >= 15 is 0 Å². The van der Waals surface area contributed by atoms with Crippen LogP contribution in [0.3, 0.4) is 0 Å². The van der Waals surface area contributed by atoms with Crippen LogP contribution < -0.4 is 11.3 Å². The molecule has 1 aliphatic heterocycles. The lowest BCUT2D eigenvalue weighted by molar-refractivity contribution is -0.0503. The van der Waals surface area contributed by atoms with Crippen molar-refractivity contribution in [3.8, 4) is 12.8 Å². The van der Waals surface area contributed by atoms with Gasteiger partial charge in [0.15, 0.2) is 17.4 Å². The van der Waals surface area contributed by atoms with Crippen molar-refractivity contribution in [3.63, 3.8) is 0 Å². The first-order chi connectivity index (χ1) is 12.2. The Kier molecular flexibility index (Phi) is 5.79. The number of ether oxygens (including phenoxy) is 1. The molecule has 0 amide bonds. The molecule has 2 aromatic heterocycles. The number of aliphatic hydroxyl groups excluding tert-OH is 2. The Balaban J connectivity index is 0.00000117. The number of hydrogen-bond donors (Lipinski definition) is 6. The number of aromatic nitrogens is 4. The number of nitrogen functional groups attached to an aromatic ring is 1. The smallest absolute Gasteiger partial charge is 0.387 e. The summed E-state index contributed by atoms with van der Waals surface area (Å²) in [5, 5.41) is 20.1. The van der Waals surface area contributed by atoms with Gasteiger partial charge in [-0.15, -0.1) is 12.8 Å². The Morgan fingerprint density at radius 2 is 2.04 bits per heavy atom. The van der Waals surface area contributed by atoms with Crippen LogP contribution in [0.4, 0.5) is 5.95 Å². The van der Waals surface area contributed by atoms with Crippen molar-refractivity contribution in [2.24, 2.45) is 0 Å². The zero-order chi connectivity index (χ0) is 19.6. The molecule has 7 N–H and O–H groups in total. The van der Waals surface area contributed by atoms with Crippen LogP contribution in [0.1, 0.15) is 6.23 Å². The monoisotopic (exact) mass is 393 g/mol. The van der Waals surface area contributed by atoms with Crippen LogP contribution in [0.15, 0.2) is 11.1 Å². The van der Waals surface area contributed by atoms with Crippen molar-refractivity contribution in [2.75, 3.05) is 12.3 Å². The highest BCUT2D eigenvalue weighted by Gasteiger charge is 2.45. The van der Waals surface area contributed by atoms with E-state index in [1.807, 2.05) is 0 Å². The van der Waals surface area contributed by atoms with Crippen molar-refractivity contribution in [1.82, 2.24) is 19.5 Å². The fourth-order valence-corrected chi connectivity index (χ4v) is 2.74. The number of aromatic amines is 1. The van der Waals surface area contributed by atoms with Gasteiger partial charge in [-0.3, -0.25) is 18.9 Å². The van der Waals surface area contributed by atoms with E-state index in [2.05, 4.69) is 32.3 Å². The minimum absolute atomic E-state index is 0.0176. The molecular formula is C12H16N5O8P. The molecule has 0 aliphatic carbocycles. The second-order valence-electron chi connectivity index (χ2n) is 5.11. The zero-order valence-corrected chi connectivity index (χ0v) is 13.9. The zero-order valence-electron chi connectivity index (χ0n) is 13.0. The summed E-state index contributed by atoms with van der Waals surface area (Å²) >= 11 is 0. The molecular weight excluding hydrogens is 377 g/mol. The molecule has 3 unspecified atom stereocenters. The van der Waals surface area contributed by atoms with Crippen molar-refractivity contribution in [1.29, 1.82) is 0 Å². The van der Waals surface area contributed by atoms with Crippen molar-refractivity contribution in [2.45, 2.75) is 24.5 Å². The summed E-state index contributed by atoms with van der Waals surface area (Å²) in [6.07, 6.45) is 3.78.